The Hall–Kier alpha value is -2.31. The SMILES string of the molecule is CC(C)NS(=O)(=O)c1ccc(-c2ccc(CC#N)[nH]2)cc1C(F)(F)F. The lowest BCUT2D eigenvalue weighted by atomic mass is 10.1. The largest absolute Gasteiger partial charge is 0.417 e. The Morgan fingerprint density at radius 2 is 1.92 bits per heavy atom. The number of sulfonamides is 1. The fourth-order valence-corrected chi connectivity index (χ4v) is 3.78. The van der Waals surface area contributed by atoms with Gasteiger partial charge in [-0.1, -0.05) is 6.07 Å². The third-order valence-electron chi connectivity index (χ3n) is 3.29. The molecular weight excluding hydrogens is 355 g/mol. The molecule has 25 heavy (non-hydrogen) atoms. The summed E-state index contributed by atoms with van der Waals surface area (Å²) in [6.45, 7) is 3.05. The van der Waals surface area contributed by atoms with Gasteiger partial charge in [0.15, 0.2) is 0 Å². The van der Waals surface area contributed by atoms with Crippen molar-refractivity contribution in [1.82, 2.24) is 9.71 Å². The molecule has 0 spiro atoms. The van der Waals surface area contributed by atoms with Gasteiger partial charge in [-0.15, -0.1) is 0 Å². The highest BCUT2D eigenvalue weighted by atomic mass is 32.2. The van der Waals surface area contributed by atoms with E-state index < -0.39 is 32.7 Å². The Kier molecular flexibility index (Phi) is 5.25. The van der Waals surface area contributed by atoms with Crippen molar-refractivity contribution in [2.45, 2.75) is 37.4 Å². The molecule has 0 amide bonds. The summed E-state index contributed by atoms with van der Waals surface area (Å²) in [7, 11) is -4.30. The molecule has 5 nitrogen and oxygen atoms in total. The topological polar surface area (TPSA) is 85.8 Å². The number of nitrogens with one attached hydrogen (secondary N) is 2. The molecule has 0 unspecified atom stereocenters. The summed E-state index contributed by atoms with van der Waals surface area (Å²) < 4.78 is 66.7. The molecule has 1 aromatic carbocycles. The molecule has 0 saturated carbocycles. The highest BCUT2D eigenvalue weighted by Crippen LogP contribution is 2.36. The molecular formula is C16H16F3N3O2S. The quantitative estimate of drug-likeness (QED) is 0.844. The molecule has 1 heterocycles. The number of hydrogen-bond donors (Lipinski definition) is 2. The molecule has 0 aliphatic carbocycles. The van der Waals surface area contributed by atoms with Crippen LogP contribution in [-0.4, -0.2) is 19.4 Å². The van der Waals surface area contributed by atoms with Crippen LogP contribution >= 0.6 is 0 Å². The van der Waals surface area contributed by atoms with Gasteiger partial charge in [0.25, 0.3) is 0 Å². The van der Waals surface area contributed by atoms with Crippen LogP contribution in [0.3, 0.4) is 0 Å². The van der Waals surface area contributed by atoms with Gasteiger partial charge < -0.3 is 4.98 Å². The highest BCUT2D eigenvalue weighted by molar-refractivity contribution is 7.89. The second-order valence-corrected chi connectivity index (χ2v) is 7.40. The number of H-pyrrole nitrogens is 1. The van der Waals surface area contributed by atoms with Gasteiger partial charge >= 0.3 is 6.18 Å². The van der Waals surface area contributed by atoms with Gasteiger partial charge in [0.05, 0.1) is 22.9 Å². The molecule has 0 fully saturated rings. The number of alkyl halides is 3. The van der Waals surface area contributed by atoms with Gasteiger partial charge in [0.1, 0.15) is 0 Å². The van der Waals surface area contributed by atoms with Gasteiger partial charge in [0, 0.05) is 17.4 Å². The number of halogens is 3. The minimum atomic E-state index is -4.83. The zero-order valence-electron chi connectivity index (χ0n) is 13.5. The third-order valence-corrected chi connectivity index (χ3v) is 5.01. The smallest absolute Gasteiger partial charge is 0.358 e. The maximum Gasteiger partial charge on any atom is 0.417 e. The number of hydrogen-bond acceptors (Lipinski definition) is 3. The molecule has 0 aliphatic rings. The zero-order valence-corrected chi connectivity index (χ0v) is 14.3. The van der Waals surface area contributed by atoms with Crippen LogP contribution in [0.1, 0.15) is 25.1 Å². The first-order valence-corrected chi connectivity index (χ1v) is 8.81. The number of rotatable bonds is 5. The van der Waals surface area contributed by atoms with E-state index in [9.17, 15) is 21.6 Å². The average Bonchev–Trinajstić information content (AvgIpc) is 2.93. The maximum atomic E-state index is 13.4. The molecule has 134 valence electrons. The van der Waals surface area contributed by atoms with Crippen molar-refractivity contribution in [1.29, 1.82) is 5.26 Å². The lowest BCUT2D eigenvalue weighted by molar-refractivity contribution is -0.139. The van der Waals surface area contributed by atoms with Crippen LogP contribution in [0.5, 0.6) is 0 Å². The number of aromatic nitrogens is 1. The van der Waals surface area contributed by atoms with Gasteiger partial charge in [-0.05, 0) is 43.7 Å². The Morgan fingerprint density at radius 1 is 1.24 bits per heavy atom. The van der Waals surface area contributed by atoms with Gasteiger partial charge in [-0.25, -0.2) is 13.1 Å². The Balaban J connectivity index is 2.56. The lowest BCUT2D eigenvalue weighted by Crippen LogP contribution is -2.31. The molecule has 0 saturated heterocycles. The van der Waals surface area contributed by atoms with E-state index in [1.165, 1.54) is 19.9 Å². The van der Waals surface area contributed by atoms with Crippen molar-refractivity contribution >= 4 is 10.0 Å². The van der Waals surface area contributed by atoms with E-state index in [0.29, 0.717) is 11.4 Å². The molecule has 2 rings (SSSR count). The number of nitriles is 1. The van der Waals surface area contributed by atoms with Gasteiger partial charge in [0.2, 0.25) is 10.0 Å². The van der Waals surface area contributed by atoms with Crippen LogP contribution in [0.25, 0.3) is 11.3 Å². The predicted octanol–water partition coefficient (Wildman–Crippen LogP) is 3.45. The summed E-state index contributed by atoms with van der Waals surface area (Å²) in [6, 6.07) is 7.56. The van der Waals surface area contributed by atoms with Crippen LogP contribution in [0.4, 0.5) is 13.2 Å². The predicted molar refractivity (Wildman–Crippen MR) is 86.0 cm³/mol. The van der Waals surface area contributed by atoms with Gasteiger partial charge in [-0.3, -0.25) is 0 Å². The molecule has 0 bridgehead atoms. The summed E-state index contributed by atoms with van der Waals surface area (Å²) in [6.07, 6.45) is -4.74. The van der Waals surface area contributed by atoms with Crippen LogP contribution in [0.15, 0.2) is 35.2 Å². The van der Waals surface area contributed by atoms with E-state index in [4.69, 9.17) is 5.26 Å². The Bertz CT molecular complexity index is 909. The number of nitrogens with zero attached hydrogens (tertiary/aromatic N) is 1. The fraction of sp³-hybridized carbons (Fsp3) is 0.312. The summed E-state index contributed by atoms with van der Waals surface area (Å²) in [5.74, 6) is 0. The van der Waals surface area contributed by atoms with Crippen molar-refractivity contribution in [2.24, 2.45) is 0 Å². The number of aromatic amines is 1. The van der Waals surface area contributed by atoms with Crippen molar-refractivity contribution in [3.63, 3.8) is 0 Å². The van der Waals surface area contributed by atoms with E-state index in [2.05, 4.69) is 9.71 Å². The third kappa shape index (κ3) is 4.41. The first-order valence-electron chi connectivity index (χ1n) is 7.33. The van der Waals surface area contributed by atoms with E-state index in [0.717, 1.165) is 12.1 Å². The standard InChI is InChI=1S/C16H16F3N3O2S/c1-10(2)22-25(23,24)15-6-3-11(9-13(15)16(17,18)19)14-5-4-12(21-14)7-8-20/h3-6,9-10,21-22H,7H2,1-2H3. The summed E-state index contributed by atoms with van der Waals surface area (Å²) >= 11 is 0. The monoisotopic (exact) mass is 371 g/mol. The van der Waals surface area contributed by atoms with Crippen LogP contribution in [-0.2, 0) is 22.6 Å². The van der Waals surface area contributed by atoms with Crippen LogP contribution in [0.2, 0.25) is 0 Å². The molecule has 0 atom stereocenters. The van der Waals surface area contributed by atoms with Crippen molar-refractivity contribution in [3.05, 3.63) is 41.6 Å². The van der Waals surface area contributed by atoms with Gasteiger partial charge in [-0.2, -0.15) is 18.4 Å². The van der Waals surface area contributed by atoms with E-state index in [1.807, 2.05) is 6.07 Å². The molecule has 1 aromatic heterocycles. The molecule has 9 heteroatoms. The number of benzene rings is 1. The first kappa shape index (κ1) is 19.0. The molecule has 2 N–H and O–H groups in total. The van der Waals surface area contributed by atoms with E-state index in [1.54, 1.807) is 12.1 Å². The maximum absolute atomic E-state index is 13.4. The average molecular weight is 371 g/mol. The van der Waals surface area contributed by atoms with Crippen LogP contribution < -0.4 is 4.72 Å². The fourth-order valence-electron chi connectivity index (χ4n) is 2.32. The van der Waals surface area contributed by atoms with E-state index >= 15 is 0 Å². The van der Waals surface area contributed by atoms with E-state index in [-0.39, 0.29) is 12.0 Å². The Labute approximate surface area is 143 Å². The summed E-state index contributed by atoms with van der Waals surface area (Å²) in [5.41, 5.74) is -0.129. The van der Waals surface area contributed by atoms with Crippen molar-refractivity contribution < 1.29 is 21.6 Å². The summed E-state index contributed by atoms with van der Waals surface area (Å²) in [4.78, 5) is 2.03. The highest BCUT2D eigenvalue weighted by Gasteiger charge is 2.37. The lowest BCUT2D eigenvalue weighted by Gasteiger charge is -2.16. The summed E-state index contributed by atoms with van der Waals surface area (Å²) in [5, 5.41) is 8.66. The van der Waals surface area contributed by atoms with Crippen LogP contribution in [0, 0.1) is 11.3 Å². The zero-order chi connectivity index (χ0) is 18.8. The second kappa shape index (κ2) is 6.90. The Morgan fingerprint density at radius 3 is 2.48 bits per heavy atom. The van der Waals surface area contributed by atoms with Crippen molar-refractivity contribution in [3.8, 4) is 17.3 Å². The minimum absolute atomic E-state index is 0.0941. The second-order valence-electron chi connectivity index (χ2n) is 5.72. The minimum Gasteiger partial charge on any atom is -0.358 e. The molecule has 2 aromatic rings. The molecule has 0 radical (unpaired) electrons. The normalized spacial score (nSPS) is 12.4. The van der Waals surface area contributed by atoms with Crippen molar-refractivity contribution in [2.75, 3.05) is 0 Å². The first-order chi connectivity index (χ1) is 11.5. The molecule has 0 aliphatic heterocycles.